The fraction of sp³-hybridized carbons (Fsp3) is 0.812. The quantitative estimate of drug-likeness (QED) is 0.826. The van der Waals surface area contributed by atoms with Gasteiger partial charge in [-0.1, -0.05) is 41.5 Å². The SMILES string of the molecule is CCc1nc(N(C)CC(C)(C)C)sc1CNCC(C)C. The van der Waals surface area contributed by atoms with Crippen molar-refractivity contribution in [3.05, 3.63) is 10.6 Å². The number of thiazole rings is 1. The van der Waals surface area contributed by atoms with E-state index in [9.17, 15) is 0 Å². The Kier molecular flexibility index (Phi) is 6.46. The molecule has 0 radical (unpaired) electrons. The largest absolute Gasteiger partial charge is 0.351 e. The Hall–Kier alpha value is -0.610. The summed E-state index contributed by atoms with van der Waals surface area (Å²) in [7, 11) is 2.15. The Morgan fingerprint density at radius 2 is 1.95 bits per heavy atom. The van der Waals surface area contributed by atoms with Crippen molar-refractivity contribution in [2.75, 3.05) is 25.0 Å². The maximum Gasteiger partial charge on any atom is 0.185 e. The van der Waals surface area contributed by atoms with Gasteiger partial charge in [0.15, 0.2) is 5.13 Å². The van der Waals surface area contributed by atoms with Gasteiger partial charge in [-0.3, -0.25) is 0 Å². The lowest BCUT2D eigenvalue weighted by molar-refractivity contribution is 0.418. The van der Waals surface area contributed by atoms with E-state index in [0.717, 1.165) is 31.2 Å². The summed E-state index contributed by atoms with van der Waals surface area (Å²) in [6.45, 7) is 16.5. The van der Waals surface area contributed by atoms with E-state index in [1.165, 1.54) is 10.6 Å². The molecule has 0 aliphatic heterocycles. The molecule has 20 heavy (non-hydrogen) atoms. The van der Waals surface area contributed by atoms with Crippen molar-refractivity contribution in [2.45, 2.75) is 54.5 Å². The number of aryl methyl sites for hydroxylation is 1. The van der Waals surface area contributed by atoms with Gasteiger partial charge in [-0.15, -0.1) is 11.3 Å². The van der Waals surface area contributed by atoms with Crippen LogP contribution in [0.2, 0.25) is 0 Å². The zero-order valence-corrected chi connectivity index (χ0v) is 15.0. The van der Waals surface area contributed by atoms with E-state index in [1.54, 1.807) is 0 Å². The highest BCUT2D eigenvalue weighted by atomic mass is 32.1. The zero-order valence-electron chi connectivity index (χ0n) is 14.2. The molecule has 0 saturated heterocycles. The molecule has 0 aliphatic rings. The van der Waals surface area contributed by atoms with Gasteiger partial charge in [-0.05, 0) is 24.3 Å². The van der Waals surface area contributed by atoms with Gasteiger partial charge in [0.1, 0.15) is 0 Å². The normalized spacial score (nSPS) is 12.2. The highest BCUT2D eigenvalue weighted by Gasteiger charge is 2.18. The van der Waals surface area contributed by atoms with E-state index in [0.29, 0.717) is 11.3 Å². The molecule has 1 aromatic heterocycles. The van der Waals surface area contributed by atoms with Gasteiger partial charge in [0.2, 0.25) is 0 Å². The lowest BCUT2D eigenvalue weighted by atomic mass is 9.96. The van der Waals surface area contributed by atoms with E-state index in [4.69, 9.17) is 4.98 Å². The second-order valence-electron chi connectivity index (χ2n) is 7.16. The van der Waals surface area contributed by atoms with Crippen LogP contribution in [-0.2, 0) is 13.0 Å². The van der Waals surface area contributed by atoms with Crippen molar-refractivity contribution in [1.29, 1.82) is 0 Å². The fourth-order valence-electron chi connectivity index (χ4n) is 2.20. The van der Waals surface area contributed by atoms with Crippen LogP contribution in [-0.4, -0.2) is 25.1 Å². The standard InChI is InChI=1S/C16H31N3S/c1-8-13-14(10-17-9-12(2)3)20-15(18-13)19(7)11-16(4,5)6/h12,17H,8-11H2,1-7H3. The van der Waals surface area contributed by atoms with Crippen LogP contribution in [0.25, 0.3) is 0 Å². The maximum absolute atomic E-state index is 4.81. The maximum atomic E-state index is 4.81. The molecule has 0 aromatic carbocycles. The third-order valence-electron chi connectivity index (χ3n) is 2.98. The first-order valence-electron chi connectivity index (χ1n) is 7.63. The summed E-state index contributed by atoms with van der Waals surface area (Å²) in [6.07, 6.45) is 1.01. The van der Waals surface area contributed by atoms with Crippen molar-refractivity contribution < 1.29 is 0 Å². The van der Waals surface area contributed by atoms with Gasteiger partial charge in [0.25, 0.3) is 0 Å². The molecular weight excluding hydrogens is 266 g/mol. The van der Waals surface area contributed by atoms with Crippen molar-refractivity contribution >= 4 is 16.5 Å². The summed E-state index contributed by atoms with van der Waals surface area (Å²) in [5.41, 5.74) is 1.55. The van der Waals surface area contributed by atoms with Crippen LogP contribution >= 0.6 is 11.3 Å². The molecule has 1 rings (SSSR count). The molecule has 1 heterocycles. The summed E-state index contributed by atoms with van der Waals surface area (Å²) < 4.78 is 0. The van der Waals surface area contributed by atoms with Crippen LogP contribution in [0, 0.1) is 11.3 Å². The lowest BCUT2D eigenvalue weighted by Gasteiger charge is -2.26. The predicted molar refractivity (Wildman–Crippen MR) is 90.8 cm³/mol. The molecule has 1 N–H and O–H groups in total. The molecule has 0 amide bonds. The minimum atomic E-state index is 0.294. The number of aromatic nitrogens is 1. The van der Waals surface area contributed by atoms with Crippen molar-refractivity contribution in [1.82, 2.24) is 10.3 Å². The van der Waals surface area contributed by atoms with Gasteiger partial charge >= 0.3 is 0 Å². The summed E-state index contributed by atoms with van der Waals surface area (Å²) >= 11 is 1.84. The number of hydrogen-bond acceptors (Lipinski definition) is 4. The average Bonchev–Trinajstić information content (AvgIpc) is 2.69. The molecule has 0 saturated carbocycles. The van der Waals surface area contributed by atoms with Gasteiger partial charge in [0, 0.05) is 25.0 Å². The van der Waals surface area contributed by atoms with Crippen LogP contribution < -0.4 is 10.2 Å². The second kappa shape index (κ2) is 7.41. The highest BCUT2D eigenvalue weighted by molar-refractivity contribution is 7.15. The van der Waals surface area contributed by atoms with E-state index in [2.05, 4.69) is 58.8 Å². The molecule has 0 spiro atoms. The third kappa shape index (κ3) is 5.80. The summed E-state index contributed by atoms with van der Waals surface area (Å²) in [5, 5.41) is 4.68. The second-order valence-corrected chi connectivity index (χ2v) is 8.22. The minimum Gasteiger partial charge on any atom is -0.351 e. The van der Waals surface area contributed by atoms with Crippen molar-refractivity contribution in [3.63, 3.8) is 0 Å². The van der Waals surface area contributed by atoms with Crippen molar-refractivity contribution in [3.8, 4) is 0 Å². The molecule has 116 valence electrons. The van der Waals surface area contributed by atoms with E-state index >= 15 is 0 Å². The first-order chi connectivity index (χ1) is 9.23. The lowest BCUT2D eigenvalue weighted by Crippen LogP contribution is -2.28. The Morgan fingerprint density at radius 1 is 1.30 bits per heavy atom. The van der Waals surface area contributed by atoms with Crippen LogP contribution in [0.5, 0.6) is 0 Å². The third-order valence-corrected chi connectivity index (χ3v) is 4.19. The Morgan fingerprint density at radius 3 is 2.45 bits per heavy atom. The van der Waals surface area contributed by atoms with Gasteiger partial charge in [-0.2, -0.15) is 0 Å². The van der Waals surface area contributed by atoms with Crippen LogP contribution in [0.15, 0.2) is 0 Å². The number of nitrogens with zero attached hydrogens (tertiary/aromatic N) is 2. The molecule has 3 nitrogen and oxygen atoms in total. The smallest absolute Gasteiger partial charge is 0.185 e. The number of anilines is 1. The molecule has 0 fully saturated rings. The molecule has 0 aliphatic carbocycles. The first kappa shape index (κ1) is 17.4. The average molecular weight is 298 g/mol. The van der Waals surface area contributed by atoms with Crippen LogP contribution in [0.3, 0.4) is 0 Å². The molecule has 0 unspecified atom stereocenters. The number of hydrogen-bond donors (Lipinski definition) is 1. The molecule has 4 heteroatoms. The monoisotopic (exact) mass is 297 g/mol. The Balaban J connectivity index is 2.72. The Labute approximate surface area is 128 Å². The van der Waals surface area contributed by atoms with E-state index in [-0.39, 0.29) is 0 Å². The highest BCUT2D eigenvalue weighted by Crippen LogP contribution is 2.28. The Bertz CT molecular complexity index is 404. The number of nitrogens with one attached hydrogen (secondary N) is 1. The minimum absolute atomic E-state index is 0.294. The molecule has 0 bridgehead atoms. The van der Waals surface area contributed by atoms with Gasteiger partial charge in [0.05, 0.1) is 5.69 Å². The van der Waals surface area contributed by atoms with Gasteiger partial charge < -0.3 is 10.2 Å². The molecule has 0 atom stereocenters. The summed E-state index contributed by atoms with van der Waals surface area (Å²) in [4.78, 5) is 8.49. The summed E-state index contributed by atoms with van der Waals surface area (Å²) in [5.74, 6) is 0.691. The van der Waals surface area contributed by atoms with E-state index < -0.39 is 0 Å². The number of rotatable bonds is 7. The predicted octanol–water partition coefficient (Wildman–Crippen LogP) is 3.93. The fourth-order valence-corrected chi connectivity index (χ4v) is 3.28. The van der Waals surface area contributed by atoms with E-state index in [1.807, 2.05) is 11.3 Å². The van der Waals surface area contributed by atoms with Crippen LogP contribution in [0.4, 0.5) is 5.13 Å². The molecular formula is C16H31N3S. The van der Waals surface area contributed by atoms with Crippen LogP contribution in [0.1, 0.15) is 52.1 Å². The summed E-state index contributed by atoms with van der Waals surface area (Å²) in [6, 6.07) is 0. The van der Waals surface area contributed by atoms with Gasteiger partial charge in [-0.25, -0.2) is 4.98 Å². The topological polar surface area (TPSA) is 28.2 Å². The first-order valence-corrected chi connectivity index (χ1v) is 8.45. The molecule has 1 aromatic rings. The van der Waals surface area contributed by atoms with Crippen molar-refractivity contribution in [2.24, 2.45) is 11.3 Å². The zero-order chi connectivity index (χ0) is 15.3.